The van der Waals surface area contributed by atoms with Gasteiger partial charge in [0.05, 0.1) is 22.5 Å². The molecule has 1 heterocycles. The van der Waals surface area contributed by atoms with Crippen molar-refractivity contribution in [2.75, 3.05) is 16.2 Å². The van der Waals surface area contributed by atoms with Crippen LogP contribution in [0.1, 0.15) is 30.0 Å². The molecule has 0 spiro atoms. The number of rotatable bonds is 4. The molecule has 5 nitrogen and oxygen atoms in total. The van der Waals surface area contributed by atoms with Crippen LogP contribution in [0, 0.1) is 0 Å². The molecule has 0 atom stereocenters. The van der Waals surface area contributed by atoms with E-state index >= 15 is 0 Å². The molecule has 1 aliphatic rings. The molecular formula is C19H15BrF6N2O3S. The van der Waals surface area contributed by atoms with E-state index in [2.05, 4.69) is 15.9 Å². The van der Waals surface area contributed by atoms with Crippen molar-refractivity contribution in [2.45, 2.75) is 37.0 Å². The van der Waals surface area contributed by atoms with Crippen LogP contribution in [0.25, 0.3) is 0 Å². The van der Waals surface area contributed by atoms with Gasteiger partial charge in [-0.15, -0.1) is 0 Å². The molecule has 0 fully saturated rings. The molecule has 1 N–H and O–H groups in total. The quantitative estimate of drug-likeness (QED) is 0.510. The molecule has 32 heavy (non-hydrogen) atoms. The molecule has 0 aromatic heterocycles. The summed E-state index contributed by atoms with van der Waals surface area (Å²) in [6, 6.07) is 3.19. The van der Waals surface area contributed by atoms with Gasteiger partial charge in [0.1, 0.15) is 4.90 Å². The Bertz CT molecular complexity index is 1150. The number of sulfonamides is 1. The molecule has 0 bridgehead atoms. The Morgan fingerprint density at radius 2 is 1.59 bits per heavy atom. The Labute approximate surface area is 187 Å². The number of carbonyl (C=O) groups excluding carboxylic acids is 1. The van der Waals surface area contributed by atoms with Gasteiger partial charge in [-0.1, -0.05) is 22.9 Å². The Morgan fingerprint density at radius 1 is 1.03 bits per heavy atom. The van der Waals surface area contributed by atoms with Crippen LogP contribution in [0.5, 0.6) is 0 Å². The molecule has 1 amide bonds. The molecule has 2 aromatic rings. The third kappa shape index (κ3) is 4.87. The van der Waals surface area contributed by atoms with Crippen LogP contribution in [0.2, 0.25) is 0 Å². The summed E-state index contributed by atoms with van der Waals surface area (Å²) in [7, 11) is -4.67. The lowest BCUT2D eigenvalue weighted by molar-refractivity contribution is -0.143. The molecule has 0 aliphatic carbocycles. The molecule has 13 heteroatoms. The van der Waals surface area contributed by atoms with Gasteiger partial charge in [0, 0.05) is 17.4 Å². The minimum absolute atomic E-state index is 0.0515. The summed E-state index contributed by atoms with van der Waals surface area (Å²) in [5.74, 6) is -0.374. The van der Waals surface area contributed by atoms with Gasteiger partial charge < -0.3 is 4.90 Å². The van der Waals surface area contributed by atoms with Gasteiger partial charge >= 0.3 is 12.4 Å². The van der Waals surface area contributed by atoms with Crippen LogP contribution in [-0.2, 0) is 33.6 Å². The molecule has 174 valence electrons. The highest BCUT2D eigenvalue weighted by atomic mass is 79.9. The van der Waals surface area contributed by atoms with Gasteiger partial charge in [0.15, 0.2) is 0 Å². The Morgan fingerprint density at radius 3 is 2.09 bits per heavy atom. The minimum atomic E-state index is -5.14. The van der Waals surface area contributed by atoms with Crippen molar-refractivity contribution in [2.24, 2.45) is 0 Å². The van der Waals surface area contributed by atoms with E-state index in [1.807, 2.05) is 4.72 Å². The van der Waals surface area contributed by atoms with Crippen molar-refractivity contribution in [3.63, 3.8) is 0 Å². The molecule has 2 aromatic carbocycles. The summed E-state index contributed by atoms with van der Waals surface area (Å²) in [6.07, 6.45) is -9.86. The topological polar surface area (TPSA) is 66.5 Å². The second-order valence-electron chi connectivity index (χ2n) is 6.96. The Kier molecular flexibility index (Phi) is 6.28. The van der Waals surface area contributed by atoms with Crippen LogP contribution in [-0.4, -0.2) is 20.9 Å². The summed E-state index contributed by atoms with van der Waals surface area (Å²) in [4.78, 5) is 13.1. The van der Waals surface area contributed by atoms with E-state index in [-0.39, 0.29) is 42.8 Å². The maximum atomic E-state index is 13.1. The number of carbonyl (C=O) groups is 1. The number of amides is 1. The SMILES string of the molecule is CCC(=O)N1CCc2cc(Br)cc(S(=O)(=O)Nc3cc(C(F)(F)F)cc(C(F)(F)F)c3)c21. The van der Waals surface area contributed by atoms with Crippen molar-refractivity contribution >= 4 is 43.2 Å². The monoisotopic (exact) mass is 544 g/mol. The smallest absolute Gasteiger partial charge is 0.310 e. The molecule has 0 saturated carbocycles. The first-order valence-corrected chi connectivity index (χ1v) is 11.4. The van der Waals surface area contributed by atoms with E-state index in [9.17, 15) is 39.6 Å². The fourth-order valence-corrected chi connectivity index (χ4v) is 5.31. The normalized spacial score (nSPS) is 14.4. The van der Waals surface area contributed by atoms with E-state index in [0.29, 0.717) is 16.5 Å². The van der Waals surface area contributed by atoms with Gasteiger partial charge in [-0.2, -0.15) is 26.3 Å². The summed E-state index contributed by atoms with van der Waals surface area (Å²) in [6.45, 7) is 1.77. The van der Waals surface area contributed by atoms with Crippen LogP contribution < -0.4 is 9.62 Å². The van der Waals surface area contributed by atoms with Gasteiger partial charge in [-0.05, 0) is 42.3 Å². The zero-order valence-corrected chi connectivity index (χ0v) is 18.6. The predicted molar refractivity (Wildman–Crippen MR) is 108 cm³/mol. The molecule has 0 saturated heterocycles. The number of nitrogens with one attached hydrogen (secondary N) is 1. The number of hydrogen-bond acceptors (Lipinski definition) is 3. The van der Waals surface area contributed by atoms with E-state index in [0.717, 1.165) is 6.07 Å². The fourth-order valence-electron chi connectivity index (χ4n) is 3.34. The lowest BCUT2D eigenvalue weighted by Gasteiger charge is -2.21. The number of alkyl halides is 6. The first-order chi connectivity index (χ1) is 14.6. The van der Waals surface area contributed by atoms with Gasteiger partial charge in [0.2, 0.25) is 5.91 Å². The molecule has 0 radical (unpaired) electrons. The second kappa shape index (κ2) is 8.25. The average Bonchev–Trinajstić information content (AvgIpc) is 3.08. The standard InChI is InChI=1S/C19H15BrF6N2O3S/c1-2-16(29)28-4-3-10-5-13(20)9-15(17(10)28)32(30,31)27-14-7-11(18(21,22)23)6-12(8-14)19(24,25)26/h5-9,27H,2-4H2,1H3. The number of halogens is 7. The molecular weight excluding hydrogens is 530 g/mol. The zero-order chi connectivity index (χ0) is 24.1. The van der Waals surface area contributed by atoms with Crippen LogP contribution >= 0.6 is 15.9 Å². The predicted octanol–water partition coefficient (Wildman–Crippen LogP) is 5.59. The lowest BCUT2D eigenvalue weighted by atomic mass is 10.1. The van der Waals surface area contributed by atoms with Crippen LogP contribution in [0.3, 0.4) is 0 Å². The van der Waals surface area contributed by atoms with Crippen molar-refractivity contribution in [1.82, 2.24) is 0 Å². The summed E-state index contributed by atoms with van der Waals surface area (Å²) in [5.41, 5.74) is -3.68. The van der Waals surface area contributed by atoms with Crippen molar-refractivity contribution in [1.29, 1.82) is 0 Å². The number of hydrogen-bond donors (Lipinski definition) is 1. The van der Waals surface area contributed by atoms with E-state index < -0.39 is 44.1 Å². The molecule has 1 aliphatic heterocycles. The third-order valence-corrected chi connectivity index (χ3v) is 6.58. The maximum Gasteiger partial charge on any atom is 0.416 e. The molecule has 3 rings (SSSR count). The average molecular weight is 545 g/mol. The number of anilines is 2. The van der Waals surface area contributed by atoms with E-state index in [4.69, 9.17) is 0 Å². The number of fused-ring (bicyclic) bond motifs is 1. The molecule has 0 unspecified atom stereocenters. The van der Waals surface area contributed by atoms with Crippen molar-refractivity contribution < 1.29 is 39.6 Å². The maximum absolute atomic E-state index is 13.1. The third-order valence-electron chi connectivity index (χ3n) is 4.73. The summed E-state index contributed by atoms with van der Waals surface area (Å²) >= 11 is 3.15. The van der Waals surface area contributed by atoms with E-state index in [1.54, 1.807) is 13.0 Å². The number of benzene rings is 2. The van der Waals surface area contributed by atoms with Gasteiger partial charge in [0.25, 0.3) is 10.0 Å². The summed E-state index contributed by atoms with van der Waals surface area (Å²) < 4.78 is 107. The number of nitrogens with zero attached hydrogens (tertiary/aromatic N) is 1. The highest BCUT2D eigenvalue weighted by molar-refractivity contribution is 9.10. The first kappa shape index (κ1) is 24.4. The van der Waals surface area contributed by atoms with Crippen LogP contribution in [0.15, 0.2) is 39.7 Å². The minimum Gasteiger partial charge on any atom is -0.310 e. The highest BCUT2D eigenvalue weighted by Crippen LogP contribution is 2.40. The Hall–Kier alpha value is -2.28. The van der Waals surface area contributed by atoms with Crippen LogP contribution in [0.4, 0.5) is 37.7 Å². The highest BCUT2D eigenvalue weighted by Gasteiger charge is 2.38. The van der Waals surface area contributed by atoms with Gasteiger partial charge in [-0.25, -0.2) is 8.42 Å². The van der Waals surface area contributed by atoms with Crippen molar-refractivity contribution in [3.8, 4) is 0 Å². The van der Waals surface area contributed by atoms with E-state index in [1.165, 1.54) is 4.90 Å². The second-order valence-corrected chi connectivity index (χ2v) is 9.53. The first-order valence-electron chi connectivity index (χ1n) is 9.08. The fraction of sp³-hybridized carbons (Fsp3) is 0.316. The largest absolute Gasteiger partial charge is 0.416 e. The lowest BCUT2D eigenvalue weighted by Crippen LogP contribution is -2.29. The van der Waals surface area contributed by atoms with Gasteiger partial charge in [-0.3, -0.25) is 9.52 Å². The summed E-state index contributed by atoms with van der Waals surface area (Å²) in [5, 5.41) is 0. The van der Waals surface area contributed by atoms with Crippen molar-refractivity contribution in [3.05, 3.63) is 51.5 Å². The Balaban J connectivity index is 2.13. The zero-order valence-electron chi connectivity index (χ0n) is 16.2.